The highest BCUT2D eigenvalue weighted by molar-refractivity contribution is 5.91. The van der Waals surface area contributed by atoms with Crippen LogP contribution < -0.4 is 10.1 Å². The van der Waals surface area contributed by atoms with Gasteiger partial charge in [0, 0.05) is 25.1 Å². The predicted molar refractivity (Wildman–Crippen MR) is 83.5 cm³/mol. The fourth-order valence-corrected chi connectivity index (χ4v) is 1.81. The summed E-state index contributed by atoms with van der Waals surface area (Å²) in [5.41, 5.74) is 1.35. The number of aliphatic hydroxyl groups excluding tert-OH is 1. The van der Waals surface area contributed by atoms with Crippen molar-refractivity contribution in [2.75, 3.05) is 32.1 Å². The van der Waals surface area contributed by atoms with Gasteiger partial charge in [-0.15, -0.1) is 0 Å². The van der Waals surface area contributed by atoms with Crippen LogP contribution in [-0.4, -0.2) is 42.8 Å². The molecule has 0 aliphatic rings. The van der Waals surface area contributed by atoms with Crippen molar-refractivity contribution in [3.8, 4) is 17.6 Å². The van der Waals surface area contributed by atoms with Crippen LogP contribution in [-0.2, 0) is 0 Å². The van der Waals surface area contributed by atoms with Gasteiger partial charge in [-0.05, 0) is 32.0 Å². The zero-order valence-corrected chi connectivity index (χ0v) is 12.8. The van der Waals surface area contributed by atoms with Gasteiger partial charge in [-0.2, -0.15) is 0 Å². The van der Waals surface area contributed by atoms with E-state index in [2.05, 4.69) is 17.2 Å². The summed E-state index contributed by atoms with van der Waals surface area (Å²) in [4.78, 5) is 13.8. The number of benzene rings is 1. The Bertz CT molecular complexity index is 528. The van der Waals surface area contributed by atoms with E-state index in [0.29, 0.717) is 30.9 Å². The van der Waals surface area contributed by atoms with Gasteiger partial charge in [0.05, 0.1) is 19.4 Å². The van der Waals surface area contributed by atoms with Gasteiger partial charge in [0.25, 0.3) is 0 Å². The Balaban J connectivity index is 2.96. The van der Waals surface area contributed by atoms with Crippen molar-refractivity contribution >= 4 is 11.7 Å². The van der Waals surface area contributed by atoms with Crippen LogP contribution in [0.5, 0.6) is 5.75 Å². The molecule has 5 nitrogen and oxygen atoms in total. The molecule has 0 aliphatic heterocycles. The van der Waals surface area contributed by atoms with E-state index in [-0.39, 0.29) is 12.6 Å². The molecule has 1 aromatic carbocycles. The van der Waals surface area contributed by atoms with E-state index in [0.717, 1.165) is 5.56 Å². The number of rotatable bonds is 5. The lowest BCUT2D eigenvalue weighted by Gasteiger charge is -2.20. The second-order valence-corrected chi connectivity index (χ2v) is 4.29. The van der Waals surface area contributed by atoms with Gasteiger partial charge in [0.2, 0.25) is 0 Å². The third kappa shape index (κ3) is 5.01. The summed E-state index contributed by atoms with van der Waals surface area (Å²) in [7, 11) is 1.56. The SMILES string of the molecule is CCN(CC)C(=O)Nc1cc(C#CCCO)ccc1OC. The molecule has 0 saturated heterocycles. The van der Waals surface area contributed by atoms with E-state index in [1.165, 1.54) is 0 Å². The van der Waals surface area contributed by atoms with Crippen molar-refractivity contribution in [3.63, 3.8) is 0 Å². The first-order chi connectivity index (χ1) is 10.2. The molecule has 2 amide bonds. The topological polar surface area (TPSA) is 61.8 Å². The molecule has 21 heavy (non-hydrogen) atoms. The normalized spacial score (nSPS) is 9.52. The molecule has 0 aromatic heterocycles. The van der Waals surface area contributed by atoms with Crippen molar-refractivity contribution < 1.29 is 14.6 Å². The van der Waals surface area contributed by atoms with E-state index < -0.39 is 0 Å². The van der Waals surface area contributed by atoms with Crippen LogP contribution >= 0.6 is 0 Å². The number of hydrogen-bond acceptors (Lipinski definition) is 3. The second-order valence-electron chi connectivity index (χ2n) is 4.29. The summed E-state index contributed by atoms with van der Waals surface area (Å²) in [6.45, 7) is 5.17. The minimum Gasteiger partial charge on any atom is -0.495 e. The van der Waals surface area contributed by atoms with E-state index in [4.69, 9.17) is 9.84 Å². The monoisotopic (exact) mass is 290 g/mol. The number of amides is 2. The molecule has 0 spiro atoms. The average Bonchev–Trinajstić information content (AvgIpc) is 2.49. The summed E-state index contributed by atoms with van der Waals surface area (Å²) in [5.74, 6) is 6.37. The highest BCUT2D eigenvalue weighted by Gasteiger charge is 2.12. The molecular weight excluding hydrogens is 268 g/mol. The molecule has 0 saturated carbocycles. The lowest BCUT2D eigenvalue weighted by atomic mass is 10.2. The van der Waals surface area contributed by atoms with Crippen LogP contribution in [0.2, 0.25) is 0 Å². The first-order valence-corrected chi connectivity index (χ1v) is 6.99. The predicted octanol–water partition coefficient (Wildman–Crippen LogP) is 2.30. The van der Waals surface area contributed by atoms with Gasteiger partial charge >= 0.3 is 6.03 Å². The maximum atomic E-state index is 12.1. The summed E-state index contributed by atoms with van der Waals surface area (Å²) in [5, 5.41) is 11.6. The minimum atomic E-state index is -0.168. The zero-order valence-electron chi connectivity index (χ0n) is 12.8. The van der Waals surface area contributed by atoms with Crippen molar-refractivity contribution in [1.82, 2.24) is 4.90 Å². The molecule has 1 aromatic rings. The highest BCUT2D eigenvalue weighted by Crippen LogP contribution is 2.25. The van der Waals surface area contributed by atoms with E-state index >= 15 is 0 Å². The summed E-state index contributed by atoms with van der Waals surface area (Å²) < 4.78 is 5.25. The van der Waals surface area contributed by atoms with E-state index in [1.54, 1.807) is 24.1 Å². The number of urea groups is 1. The number of ether oxygens (including phenoxy) is 1. The second kappa shape index (κ2) is 8.88. The van der Waals surface area contributed by atoms with Gasteiger partial charge in [0.15, 0.2) is 0 Å². The quantitative estimate of drug-likeness (QED) is 0.818. The first-order valence-electron chi connectivity index (χ1n) is 6.99. The average molecular weight is 290 g/mol. The summed E-state index contributed by atoms with van der Waals surface area (Å²) in [6.07, 6.45) is 0.424. The van der Waals surface area contributed by atoms with E-state index in [1.807, 2.05) is 19.9 Å². The third-order valence-corrected chi connectivity index (χ3v) is 2.96. The molecule has 0 fully saturated rings. The number of hydrogen-bond donors (Lipinski definition) is 2. The molecule has 1 rings (SSSR count). The largest absolute Gasteiger partial charge is 0.495 e. The van der Waals surface area contributed by atoms with E-state index in [9.17, 15) is 4.79 Å². The molecule has 0 unspecified atom stereocenters. The van der Waals surface area contributed by atoms with Gasteiger partial charge in [0.1, 0.15) is 5.75 Å². The van der Waals surface area contributed by atoms with Crippen LogP contribution in [0.15, 0.2) is 18.2 Å². The molecular formula is C16H22N2O3. The molecule has 0 heterocycles. The summed E-state index contributed by atoms with van der Waals surface area (Å²) in [6, 6.07) is 5.18. The number of anilines is 1. The van der Waals surface area contributed by atoms with Crippen LogP contribution in [0, 0.1) is 11.8 Å². The van der Waals surface area contributed by atoms with Crippen LogP contribution in [0.4, 0.5) is 10.5 Å². The number of methoxy groups -OCH3 is 1. The Labute approximate surface area is 125 Å². The highest BCUT2D eigenvalue weighted by atomic mass is 16.5. The molecule has 0 radical (unpaired) electrons. The maximum Gasteiger partial charge on any atom is 0.321 e. The fraction of sp³-hybridized carbons (Fsp3) is 0.438. The number of aliphatic hydroxyl groups is 1. The molecule has 2 N–H and O–H groups in total. The smallest absolute Gasteiger partial charge is 0.321 e. The Kier molecular flexibility index (Phi) is 7.13. The Morgan fingerprint density at radius 3 is 2.67 bits per heavy atom. The number of carbonyl (C=O) groups excluding carboxylic acids is 1. The molecule has 114 valence electrons. The van der Waals surface area contributed by atoms with Gasteiger partial charge in [-0.3, -0.25) is 0 Å². The molecule has 5 heteroatoms. The van der Waals surface area contributed by atoms with Gasteiger partial charge < -0.3 is 20.1 Å². The van der Waals surface area contributed by atoms with Crippen LogP contribution in [0.1, 0.15) is 25.8 Å². The van der Waals surface area contributed by atoms with Crippen molar-refractivity contribution in [2.24, 2.45) is 0 Å². The lowest BCUT2D eigenvalue weighted by molar-refractivity contribution is 0.217. The zero-order chi connectivity index (χ0) is 15.7. The van der Waals surface area contributed by atoms with Crippen molar-refractivity contribution in [3.05, 3.63) is 23.8 Å². The number of carbonyl (C=O) groups is 1. The maximum absolute atomic E-state index is 12.1. The summed E-state index contributed by atoms with van der Waals surface area (Å²) >= 11 is 0. The van der Waals surface area contributed by atoms with Gasteiger partial charge in [-0.1, -0.05) is 11.8 Å². The number of nitrogens with zero attached hydrogens (tertiary/aromatic N) is 1. The van der Waals surface area contributed by atoms with Gasteiger partial charge in [-0.25, -0.2) is 4.79 Å². The standard InChI is InChI=1S/C16H22N2O3/c1-4-18(5-2)16(20)17-14-12-13(8-6-7-11-19)9-10-15(14)21-3/h9-10,12,19H,4-5,7,11H2,1-3H3,(H,17,20). The van der Waals surface area contributed by atoms with Crippen LogP contribution in [0.25, 0.3) is 0 Å². The Morgan fingerprint density at radius 2 is 2.10 bits per heavy atom. The molecule has 0 atom stereocenters. The first kappa shape index (κ1) is 16.9. The Morgan fingerprint density at radius 1 is 1.38 bits per heavy atom. The van der Waals surface area contributed by atoms with Crippen molar-refractivity contribution in [2.45, 2.75) is 20.3 Å². The third-order valence-electron chi connectivity index (χ3n) is 2.96. The molecule has 0 bridgehead atoms. The van der Waals surface area contributed by atoms with Crippen molar-refractivity contribution in [1.29, 1.82) is 0 Å². The van der Waals surface area contributed by atoms with Crippen LogP contribution in [0.3, 0.4) is 0 Å². The number of nitrogens with one attached hydrogen (secondary N) is 1. The lowest BCUT2D eigenvalue weighted by Crippen LogP contribution is -2.34. The minimum absolute atomic E-state index is 0.0364. The Hall–Kier alpha value is -2.19. The fourth-order valence-electron chi connectivity index (χ4n) is 1.81. The molecule has 0 aliphatic carbocycles.